The van der Waals surface area contributed by atoms with Gasteiger partial charge in [0.25, 0.3) is 0 Å². The van der Waals surface area contributed by atoms with Crippen LogP contribution < -0.4 is 10.0 Å². The first-order valence-electron chi connectivity index (χ1n) is 7.86. The van der Waals surface area contributed by atoms with Crippen molar-refractivity contribution in [2.45, 2.75) is 69.5 Å². The zero-order chi connectivity index (χ0) is 15.3. The molecule has 0 aliphatic heterocycles. The Morgan fingerprint density at radius 3 is 2.76 bits per heavy atom. The van der Waals surface area contributed by atoms with Gasteiger partial charge in [-0.05, 0) is 43.9 Å². The number of sulfonamides is 1. The first-order valence-corrected chi connectivity index (χ1v) is 9.34. The van der Waals surface area contributed by atoms with Gasteiger partial charge in [0.15, 0.2) is 0 Å². The molecule has 118 valence electrons. The van der Waals surface area contributed by atoms with Gasteiger partial charge in [-0.1, -0.05) is 31.9 Å². The molecule has 1 atom stereocenters. The average molecular weight is 310 g/mol. The van der Waals surface area contributed by atoms with E-state index in [1.807, 2.05) is 19.1 Å². The van der Waals surface area contributed by atoms with Crippen molar-refractivity contribution in [2.24, 2.45) is 0 Å². The van der Waals surface area contributed by atoms with Crippen molar-refractivity contribution >= 4 is 10.0 Å². The second-order valence-electron chi connectivity index (χ2n) is 5.97. The van der Waals surface area contributed by atoms with E-state index in [0.717, 1.165) is 31.4 Å². The summed E-state index contributed by atoms with van der Waals surface area (Å²) in [5, 5.41) is 3.40. The molecule has 2 N–H and O–H groups in total. The topological polar surface area (TPSA) is 58.2 Å². The molecular weight excluding hydrogens is 284 g/mol. The van der Waals surface area contributed by atoms with Gasteiger partial charge in [0.2, 0.25) is 10.0 Å². The van der Waals surface area contributed by atoms with Gasteiger partial charge in [0, 0.05) is 18.6 Å². The van der Waals surface area contributed by atoms with Crippen LogP contribution in [0.3, 0.4) is 0 Å². The Kier molecular flexibility index (Phi) is 5.79. The molecule has 1 saturated carbocycles. The minimum absolute atomic E-state index is 0.0248. The maximum atomic E-state index is 12.4. The van der Waals surface area contributed by atoms with E-state index in [0.29, 0.717) is 10.9 Å². The van der Waals surface area contributed by atoms with Crippen LogP contribution in [0, 0.1) is 0 Å². The van der Waals surface area contributed by atoms with Gasteiger partial charge in [-0.3, -0.25) is 0 Å². The summed E-state index contributed by atoms with van der Waals surface area (Å²) in [6, 6.07) is 7.81. The van der Waals surface area contributed by atoms with Gasteiger partial charge in [-0.15, -0.1) is 0 Å². The molecule has 21 heavy (non-hydrogen) atoms. The van der Waals surface area contributed by atoms with Crippen LogP contribution in [0.4, 0.5) is 0 Å². The van der Waals surface area contributed by atoms with E-state index in [1.165, 1.54) is 12.8 Å². The highest BCUT2D eigenvalue weighted by Crippen LogP contribution is 2.20. The standard InChI is InChI=1S/C16H26N2O2S/c1-3-4-6-13(2)18-21(19,20)16-8-5-7-14(11-16)12-17-15-9-10-15/h5,7-8,11,13,15,17-18H,3-4,6,9-10,12H2,1-2H3. The van der Waals surface area contributed by atoms with Crippen LogP contribution in [0.2, 0.25) is 0 Å². The van der Waals surface area contributed by atoms with Crippen LogP contribution in [0.1, 0.15) is 51.5 Å². The average Bonchev–Trinajstić information content (AvgIpc) is 3.27. The highest BCUT2D eigenvalue weighted by Gasteiger charge is 2.21. The van der Waals surface area contributed by atoms with Crippen molar-refractivity contribution in [3.05, 3.63) is 29.8 Å². The molecular formula is C16H26N2O2S. The van der Waals surface area contributed by atoms with Gasteiger partial charge in [-0.2, -0.15) is 0 Å². The first kappa shape index (κ1) is 16.5. The molecule has 0 aromatic heterocycles. The third-order valence-electron chi connectivity index (χ3n) is 3.73. The molecule has 0 spiro atoms. The molecule has 5 heteroatoms. The highest BCUT2D eigenvalue weighted by atomic mass is 32.2. The fourth-order valence-corrected chi connectivity index (χ4v) is 3.62. The monoisotopic (exact) mass is 310 g/mol. The van der Waals surface area contributed by atoms with Crippen LogP contribution in [-0.4, -0.2) is 20.5 Å². The Morgan fingerprint density at radius 2 is 2.10 bits per heavy atom. The van der Waals surface area contributed by atoms with E-state index in [2.05, 4.69) is 17.0 Å². The minimum atomic E-state index is -3.41. The van der Waals surface area contributed by atoms with E-state index in [1.54, 1.807) is 12.1 Å². The van der Waals surface area contributed by atoms with Crippen molar-refractivity contribution in [1.29, 1.82) is 0 Å². The Balaban J connectivity index is 1.99. The van der Waals surface area contributed by atoms with Crippen molar-refractivity contribution in [3.63, 3.8) is 0 Å². The Labute approximate surface area is 128 Å². The van der Waals surface area contributed by atoms with Gasteiger partial charge in [0.05, 0.1) is 4.90 Å². The van der Waals surface area contributed by atoms with E-state index < -0.39 is 10.0 Å². The molecule has 2 rings (SSSR count). The normalized spacial score (nSPS) is 16.9. The third kappa shape index (κ3) is 5.41. The number of hydrogen-bond acceptors (Lipinski definition) is 3. The molecule has 1 aliphatic carbocycles. The largest absolute Gasteiger partial charge is 0.310 e. The molecule has 0 heterocycles. The van der Waals surface area contributed by atoms with Crippen LogP contribution in [0.15, 0.2) is 29.2 Å². The summed E-state index contributed by atoms with van der Waals surface area (Å²) in [6.45, 7) is 4.77. The fourth-order valence-electron chi connectivity index (χ4n) is 2.27. The predicted octanol–water partition coefficient (Wildman–Crippen LogP) is 2.80. The van der Waals surface area contributed by atoms with Gasteiger partial charge in [-0.25, -0.2) is 13.1 Å². The Morgan fingerprint density at radius 1 is 1.33 bits per heavy atom. The van der Waals surface area contributed by atoms with Crippen LogP contribution in [0.25, 0.3) is 0 Å². The highest BCUT2D eigenvalue weighted by molar-refractivity contribution is 7.89. The summed E-state index contributed by atoms with van der Waals surface area (Å²) in [6.07, 6.45) is 5.45. The second kappa shape index (κ2) is 7.38. The first-order chi connectivity index (χ1) is 10.0. The lowest BCUT2D eigenvalue weighted by Crippen LogP contribution is -2.32. The molecule has 1 fully saturated rings. The molecule has 0 bridgehead atoms. The van der Waals surface area contributed by atoms with Crippen LogP contribution in [-0.2, 0) is 16.6 Å². The smallest absolute Gasteiger partial charge is 0.240 e. The van der Waals surface area contributed by atoms with Crippen molar-refractivity contribution in [2.75, 3.05) is 0 Å². The Hall–Kier alpha value is -0.910. The lowest BCUT2D eigenvalue weighted by Gasteiger charge is -2.14. The summed E-state index contributed by atoms with van der Waals surface area (Å²) in [7, 11) is -3.41. The van der Waals surface area contributed by atoms with Gasteiger partial charge < -0.3 is 5.32 Å². The van der Waals surface area contributed by atoms with Crippen LogP contribution in [0.5, 0.6) is 0 Å². The summed E-state index contributed by atoms with van der Waals surface area (Å²) in [5.74, 6) is 0. The summed E-state index contributed by atoms with van der Waals surface area (Å²) in [5.41, 5.74) is 1.02. The lowest BCUT2D eigenvalue weighted by molar-refractivity contribution is 0.534. The second-order valence-corrected chi connectivity index (χ2v) is 7.68. The fraction of sp³-hybridized carbons (Fsp3) is 0.625. The zero-order valence-corrected chi connectivity index (χ0v) is 13.7. The molecule has 1 aromatic carbocycles. The molecule has 0 radical (unpaired) electrons. The van der Waals surface area contributed by atoms with Crippen molar-refractivity contribution in [1.82, 2.24) is 10.0 Å². The van der Waals surface area contributed by atoms with E-state index in [-0.39, 0.29) is 6.04 Å². The molecule has 0 saturated heterocycles. The number of nitrogens with one attached hydrogen (secondary N) is 2. The third-order valence-corrected chi connectivity index (χ3v) is 5.32. The Bertz CT molecular complexity index is 553. The predicted molar refractivity (Wildman–Crippen MR) is 85.6 cm³/mol. The molecule has 1 aliphatic rings. The molecule has 1 unspecified atom stereocenters. The summed E-state index contributed by atoms with van der Waals surface area (Å²) >= 11 is 0. The maximum Gasteiger partial charge on any atom is 0.240 e. The number of unbranched alkanes of at least 4 members (excludes halogenated alkanes) is 1. The van der Waals surface area contributed by atoms with Gasteiger partial charge in [0.1, 0.15) is 0 Å². The minimum Gasteiger partial charge on any atom is -0.310 e. The summed E-state index contributed by atoms with van der Waals surface area (Å²) in [4.78, 5) is 0.362. The lowest BCUT2D eigenvalue weighted by atomic mass is 10.2. The molecule has 1 aromatic rings. The SMILES string of the molecule is CCCCC(C)NS(=O)(=O)c1cccc(CNC2CC2)c1. The van der Waals surface area contributed by atoms with Crippen LogP contribution >= 0.6 is 0 Å². The molecule has 0 amide bonds. The zero-order valence-electron chi connectivity index (χ0n) is 12.9. The number of rotatable bonds is 9. The van der Waals surface area contributed by atoms with Gasteiger partial charge >= 0.3 is 0 Å². The quantitative estimate of drug-likeness (QED) is 0.737. The maximum absolute atomic E-state index is 12.4. The van der Waals surface area contributed by atoms with E-state index >= 15 is 0 Å². The van der Waals surface area contributed by atoms with E-state index in [4.69, 9.17) is 0 Å². The molecule has 4 nitrogen and oxygen atoms in total. The number of benzene rings is 1. The number of hydrogen-bond donors (Lipinski definition) is 2. The van der Waals surface area contributed by atoms with Crippen molar-refractivity contribution < 1.29 is 8.42 Å². The summed E-state index contributed by atoms with van der Waals surface area (Å²) < 4.78 is 27.5. The van der Waals surface area contributed by atoms with E-state index in [9.17, 15) is 8.42 Å². The van der Waals surface area contributed by atoms with Crippen molar-refractivity contribution in [3.8, 4) is 0 Å².